The Kier molecular flexibility index (Phi) is 5.76. The lowest BCUT2D eigenvalue weighted by atomic mass is 10.2. The highest BCUT2D eigenvalue weighted by Gasteiger charge is 2.18. The van der Waals surface area contributed by atoms with Crippen molar-refractivity contribution in [2.24, 2.45) is 0 Å². The van der Waals surface area contributed by atoms with Crippen LogP contribution in [0.5, 0.6) is 0 Å². The van der Waals surface area contributed by atoms with E-state index >= 15 is 0 Å². The molecule has 23 heavy (non-hydrogen) atoms. The fraction of sp³-hybridized carbons (Fsp3) is 0.312. The van der Waals surface area contributed by atoms with E-state index in [1.807, 2.05) is 13.8 Å². The summed E-state index contributed by atoms with van der Waals surface area (Å²) in [6, 6.07) is 6.53. The lowest BCUT2D eigenvalue weighted by Gasteiger charge is -2.06. The predicted octanol–water partition coefficient (Wildman–Crippen LogP) is 2.95. The number of nitrogens with one attached hydrogen (secondary N) is 2. The smallest absolute Gasteiger partial charge is 0.273 e. The molecule has 0 aliphatic rings. The molecule has 0 fully saturated rings. The lowest BCUT2D eigenvalue weighted by Crippen LogP contribution is -2.26. The molecule has 6 nitrogen and oxygen atoms in total. The molecule has 1 aromatic heterocycles. The van der Waals surface area contributed by atoms with Crippen LogP contribution in [0.3, 0.4) is 0 Å². The van der Waals surface area contributed by atoms with Crippen LogP contribution in [0, 0.1) is 0 Å². The molecule has 0 aliphatic carbocycles. The van der Waals surface area contributed by atoms with Crippen LogP contribution in [0.2, 0.25) is 5.02 Å². The van der Waals surface area contributed by atoms with Gasteiger partial charge in [0.25, 0.3) is 11.8 Å². The third-order valence-corrected chi connectivity index (χ3v) is 3.44. The number of rotatable bonds is 6. The third-order valence-electron chi connectivity index (χ3n) is 3.19. The highest BCUT2D eigenvalue weighted by atomic mass is 35.5. The SMILES string of the molecule is CCCNC(=O)c1nn(CC)cc1NC(=O)c1ccc(Cl)cc1. The van der Waals surface area contributed by atoms with Crippen LogP contribution in [0.1, 0.15) is 41.1 Å². The quantitative estimate of drug-likeness (QED) is 0.852. The van der Waals surface area contributed by atoms with Crippen molar-refractivity contribution in [3.63, 3.8) is 0 Å². The minimum Gasteiger partial charge on any atom is -0.351 e. The molecular weight excluding hydrogens is 316 g/mol. The van der Waals surface area contributed by atoms with Crippen molar-refractivity contribution in [1.29, 1.82) is 0 Å². The molecular formula is C16H19ClN4O2. The summed E-state index contributed by atoms with van der Waals surface area (Å²) in [5.74, 6) is -0.618. The fourth-order valence-electron chi connectivity index (χ4n) is 1.96. The number of anilines is 1. The number of halogens is 1. The van der Waals surface area contributed by atoms with Crippen molar-refractivity contribution in [3.8, 4) is 0 Å². The van der Waals surface area contributed by atoms with Crippen molar-refractivity contribution < 1.29 is 9.59 Å². The van der Waals surface area contributed by atoms with Crippen molar-refractivity contribution >= 4 is 29.1 Å². The second-order valence-electron chi connectivity index (χ2n) is 4.96. The first-order valence-electron chi connectivity index (χ1n) is 7.47. The Morgan fingerprint density at radius 2 is 1.87 bits per heavy atom. The number of carbonyl (C=O) groups is 2. The zero-order chi connectivity index (χ0) is 16.8. The summed E-state index contributed by atoms with van der Waals surface area (Å²) < 4.78 is 1.61. The molecule has 0 spiro atoms. The normalized spacial score (nSPS) is 10.4. The first-order valence-corrected chi connectivity index (χ1v) is 7.85. The summed E-state index contributed by atoms with van der Waals surface area (Å²) in [6.45, 7) is 5.03. The summed E-state index contributed by atoms with van der Waals surface area (Å²) in [6.07, 6.45) is 2.47. The molecule has 7 heteroatoms. The number of hydrogen-bond donors (Lipinski definition) is 2. The van der Waals surface area contributed by atoms with Crippen LogP contribution in [-0.2, 0) is 6.54 Å². The van der Waals surface area contributed by atoms with Gasteiger partial charge in [-0.2, -0.15) is 5.10 Å². The second kappa shape index (κ2) is 7.78. The van der Waals surface area contributed by atoms with Gasteiger partial charge in [0.1, 0.15) is 0 Å². The minimum atomic E-state index is -0.318. The van der Waals surface area contributed by atoms with Gasteiger partial charge in [-0.15, -0.1) is 0 Å². The molecule has 0 atom stereocenters. The first kappa shape index (κ1) is 17.0. The van der Waals surface area contributed by atoms with Gasteiger partial charge < -0.3 is 10.6 Å². The van der Waals surface area contributed by atoms with Crippen LogP contribution in [-0.4, -0.2) is 28.1 Å². The number of hydrogen-bond acceptors (Lipinski definition) is 3. The zero-order valence-electron chi connectivity index (χ0n) is 13.1. The Morgan fingerprint density at radius 3 is 2.48 bits per heavy atom. The van der Waals surface area contributed by atoms with Gasteiger partial charge in [-0.25, -0.2) is 0 Å². The van der Waals surface area contributed by atoms with Gasteiger partial charge in [0.2, 0.25) is 0 Å². The standard InChI is InChI=1S/C16H19ClN4O2/c1-3-9-18-16(23)14-13(10-21(4-2)20-14)19-15(22)11-5-7-12(17)8-6-11/h5-8,10H,3-4,9H2,1-2H3,(H,18,23)(H,19,22). The van der Waals surface area contributed by atoms with Crippen LogP contribution >= 0.6 is 11.6 Å². The van der Waals surface area contributed by atoms with Gasteiger partial charge >= 0.3 is 0 Å². The van der Waals surface area contributed by atoms with E-state index in [0.29, 0.717) is 29.4 Å². The summed E-state index contributed by atoms with van der Waals surface area (Å²) >= 11 is 5.82. The van der Waals surface area contributed by atoms with Crippen molar-refractivity contribution in [1.82, 2.24) is 15.1 Å². The third kappa shape index (κ3) is 4.32. The number of benzene rings is 1. The van der Waals surface area contributed by atoms with E-state index in [0.717, 1.165) is 6.42 Å². The van der Waals surface area contributed by atoms with E-state index in [1.165, 1.54) is 0 Å². The van der Waals surface area contributed by atoms with Gasteiger partial charge in [0, 0.05) is 29.9 Å². The molecule has 2 rings (SSSR count). The van der Waals surface area contributed by atoms with E-state index in [4.69, 9.17) is 11.6 Å². The van der Waals surface area contributed by atoms with E-state index in [2.05, 4.69) is 15.7 Å². The molecule has 0 unspecified atom stereocenters. The number of aromatic nitrogens is 2. The van der Waals surface area contributed by atoms with Gasteiger partial charge in [-0.3, -0.25) is 14.3 Å². The molecule has 1 aromatic carbocycles. The second-order valence-corrected chi connectivity index (χ2v) is 5.40. The molecule has 2 aromatic rings. The highest BCUT2D eigenvalue weighted by molar-refractivity contribution is 6.30. The van der Waals surface area contributed by atoms with Crippen LogP contribution in [0.15, 0.2) is 30.5 Å². The summed E-state index contributed by atoms with van der Waals surface area (Å²) in [5, 5.41) is 10.3. The summed E-state index contributed by atoms with van der Waals surface area (Å²) in [4.78, 5) is 24.4. The van der Waals surface area contributed by atoms with Crippen LogP contribution in [0.4, 0.5) is 5.69 Å². The van der Waals surface area contributed by atoms with Crippen LogP contribution in [0.25, 0.3) is 0 Å². The fourth-order valence-corrected chi connectivity index (χ4v) is 2.09. The molecule has 0 saturated heterocycles. The number of carbonyl (C=O) groups excluding carboxylic acids is 2. The Balaban J connectivity index is 2.20. The molecule has 1 heterocycles. The average molecular weight is 335 g/mol. The molecule has 0 bridgehead atoms. The predicted molar refractivity (Wildman–Crippen MR) is 89.9 cm³/mol. The largest absolute Gasteiger partial charge is 0.351 e. The monoisotopic (exact) mass is 334 g/mol. The minimum absolute atomic E-state index is 0.211. The van der Waals surface area contributed by atoms with Crippen molar-refractivity contribution in [3.05, 3.63) is 46.7 Å². The first-order chi connectivity index (χ1) is 11.0. The number of nitrogens with zero attached hydrogens (tertiary/aromatic N) is 2. The molecule has 2 N–H and O–H groups in total. The zero-order valence-corrected chi connectivity index (χ0v) is 13.9. The molecule has 0 aliphatic heterocycles. The maximum atomic E-state index is 12.3. The molecule has 0 saturated carbocycles. The Bertz CT molecular complexity index is 695. The van der Waals surface area contributed by atoms with Gasteiger partial charge in [0.05, 0.1) is 5.69 Å². The Hall–Kier alpha value is -2.34. The average Bonchev–Trinajstić information content (AvgIpc) is 2.96. The lowest BCUT2D eigenvalue weighted by molar-refractivity contribution is 0.0948. The molecule has 2 amide bonds. The van der Waals surface area contributed by atoms with Gasteiger partial charge in [-0.1, -0.05) is 18.5 Å². The van der Waals surface area contributed by atoms with Gasteiger partial charge in [0.15, 0.2) is 5.69 Å². The Morgan fingerprint density at radius 1 is 1.17 bits per heavy atom. The van der Waals surface area contributed by atoms with E-state index in [9.17, 15) is 9.59 Å². The molecule has 0 radical (unpaired) electrons. The van der Waals surface area contributed by atoms with Gasteiger partial charge in [-0.05, 0) is 37.6 Å². The highest BCUT2D eigenvalue weighted by Crippen LogP contribution is 2.16. The maximum absolute atomic E-state index is 12.3. The summed E-state index contributed by atoms with van der Waals surface area (Å²) in [5.41, 5.74) is 1.06. The van der Waals surface area contributed by atoms with Crippen molar-refractivity contribution in [2.45, 2.75) is 26.8 Å². The van der Waals surface area contributed by atoms with E-state index in [-0.39, 0.29) is 17.5 Å². The maximum Gasteiger partial charge on any atom is 0.273 e. The summed E-state index contributed by atoms with van der Waals surface area (Å²) in [7, 11) is 0. The van der Waals surface area contributed by atoms with Crippen LogP contribution < -0.4 is 10.6 Å². The number of amides is 2. The molecule has 122 valence electrons. The Labute approximate surface area is 139 Å². The van der Waals surface area contributed by atoms with E-state index < -0.39 is 0 Å². The number of aryl methyl sites for hydroxylation is 1. The topological polar surface area (TPSA) is 76.0 Å². The van der Waals surface area contributed by atoms with E-state index in [1.54, 1.807) is 35.1 Å². The van der Waals surface area contributed by atoms with Crippen molar-refractivity contribution in [2.75, 3.05) is 11.9 Å².